The molecule has 3 heterocycles. The number of ether oxygens (including phenoxy) is 1. The van der Waals surface area contributed by atoms with Crippen LogP contribution in [0.2, 0.25) is 0 Å². The molecule has 2 aromatic rings. The van der Waals surface area contributed by atoms with Crippen LogP contribution in [0, 0.1) is 5.41 Å². The van der Waals surface area contributed by atoms with E-state index in [-0.39, 0.29) is 5.41 Å². The van der Waals surface area contributed by atoms with Crippen LogP contribution in [0.1, 0.15) is 26.7 Å². The summed E-state index contributed by atoms with van der Waals surface area (Å²) in [5.74, 6) is 1.24. The predicted octanol–water partition coefficient (Wildman–Crippen LogP) is 1.91. The highest BCUT2D eigenvalue weighted by Gasteiger charge is 2.44. The summed E-state index contributed by atoms with van der Waals surface area (Å²) in [5, 5.41) is 14.2. The Morgan fingerprint density at radius 3 is 2.75 bits per heavy atom. The number of aliphatic hydroxyl groups is 1. The molecule has 1 atom stereocenters. The van der Waals surface area contributed by atoms with Gasteiger partial charge >= 0.3 is 0 Å². The maximum atomic E-state index is 10.9. The SMILES string of the molecule is CC(C)(CNc1cc(-c2ncccn2)ncn1)C1(O)CCCOC1. The zero-order chi connectivity index (χ0) is 17.0. The van der Waals surface area contributed by atoms with E-state index in [4.69, 9.17) is 4.74 Å². The molecule has 0 spiro atoms. The molecule has 1 unspecified atom stereocenters. The van der Waals surface area contributed by atoms with Crippen molar-refractivity contribution in [2.75, 3.05) is 25.1 Å². The number of rotatable bonds is 5. The first-order valence-corrected chi connectivity index (χ1v) is 8.14. The lowest BCUT2D eigenvalue weighted by atomic mass is 9.72. The summed E-state index contributed by atoms with van der Waals surface area (Å²) in [6.07, 6.45) is 6.47. The molecular formula is C17H23N5O2. The molecule has 0 saturated carbocycles. The van der Waals surface area contributed by atoms with E-state index in [0.29, 0.717) is 30.5 Å². The van der Waals surface area contributed by atoms with Crippen molar-refractivity contribution in [2.24, 2.45) is 5.41 Å². The first-order valence-electron chi connectivity index (χ1n) is 8.14. The molecule has 1 saturated heterocycles. The highest BCUT2D eigenvalue weighted by atomic mass is 16.5. The van der Waals surface area contributed by atoms with E-state index in [1.54, 1.807) is 18.5 Å². The van der Waals surface area contributed by atoms with Crippen molar-refractivity contribution in [1.29, 1.82) is 0 Å². The highest BCUT2D eigenvalue weighted by molar-refractivity contribution is 5.54. The maximum Gasteiger partial charge on any atom is 0.178 e. The second-order valence-corrected chi connectivity index (χ2v) is 6.79. The van der Waals surface area contributed by atoms with Crippen LogP contribution in [0.25, 0.3) is 11.5 Å². The minimum atomic E-state index is -0.837. The molecular weight excluding hydrogens is 306 g/mol. The molecule has 0 aromatic carbocycles. The van der Waals surface area contributed by atoms with Gasteiger partial charge in [-0.05, 0) is 18.9 Å². The van der Waals surface area contributed by atoms with Crippen molar-refractivity contribution in [3.8, 4) is 11.5 Å². The van der Waals surface area contributed by atoms with Gasteiger partial charge in [-0.3, -0.25) is 0 Å². The number of nitrogens with one attached hydrogen (secondary N) is 1. The molecule has 1 aliphatic rings. The summed E-state index contributed by atoms with van der Waals surface area (Å²) in [5.41, 5.74) is -0.538. The molecule has 3 rings (SSSR count). The Labute approximate surface area is 141 Å². The fraction of sp³-hybridized carbons (Fsp3) is 0.529. The topological polar surface area (TPSA) is 93.1 Å². The molecule has 24 heavy (non-hydrogen) atoms. The first-order chi connectivity index (χ1) is 11.5. The summed E-state index contributed by atoms with van der Waals surface area (Å²) in [4.78, 5) is 16.9. The summed E-state index contributed by atoms with van der Waals surface area (Å²) in [6, 6.07) is 3.58. The molecule has 0 amide bonds. The molecule has 2 aromatic heterocycles. The van der Waals surface area contributed by atoms with Gasteiger partial charge in [-0.1, -0.05) is 13.8 Å². The van der Waals surface area contributed by atoms with Crippen molar-refractivity contribution in [3.05, 3.63) is 30.9 Å². The Morgan fingerprint density at radius 2 is 2.04 bits per heavy atom. The number of hydrogen-bond donors (Lipinski definition) is 2. The lowest BCUT2D eigenvalue weighted by Gasteiger charge is -2.45. The monoisotopic (exact) mass is 329 g/mol. The third-order valence-electron chi connectivity index (χ3n) is 4.65. The van der Waals surface area contributed by atoms with E-state index < -0.39 is 5.60 Å². The minimum absolute atomic E-state index is 0.359. The van der Waals surface area contributed by atoms with Crippen molar-refractivity contribution >= 4 is 5.82 Å². The van der Waals surface area contributed by atoms with E-state index in [9.17, 15) is 5.11 Å². The molecule has 0 aliphatic carbocycles. The Morgan fingerprint density at radius 1 is 1.25 bits per heavy atom. The Bertz CT molecular complexity index is 672. The third kappa shape index (κ3) is 3.52. The van der Waals surface area contributed by atoms with Gasteiger partial charge in [0.1, 0.15) is 17.8 Å². The van der Waals surface area contributed by atoms with Crippen molar-refractivity contribution in [2.45, 2.75) is 32.3 Å². The second kappa shape index (κ2) is 6.78. The van der Waals surface area contributed by atoms with Crippen LogP contribution in [0.15, 0.2) is 30.9 Å². The van der Waals surface area contributed by atoms with E-state index in [1.807, 2.05) is 19.9 Å². The third-order valence-corrected chi connectivity index (χ3v) is 4.65. The predicted molar refractivity (Wildman–Crippen MR) is 90.3 cm³/mol. The normalized spacial score (nSPS) is 21.5. The molecule has 7 heteroatoms. The first kappa shape index (κ1) is 16.7. The van der Waals surface area contributed by atoms with Gasteiger partial charge in [-0.15, -0.1) is 0 Å². The van der Waals surface area contributed by atoms with Crippen LogP contribution in [0.4, 0.5) is 5.82 Å². The minimum Gasteiger partial charge on any atom is -0.387 e. The van der Waals surface area contributed by atoms with Gasteiger partial charge in [0, 0.05) is 37.0 Å². The quantitative estimate of drug-likeness (QED) is 0.865. The molecule has 0 bridgehead atoms. The van der Waals surface area contributed by atoms with Gasteiger partial charge in [0.25, 0.3) is 0 Å². The van der Waals surface area contributed by atoms with Gasteiger partial charge in [0.15, 0.2) is 5.82 Å². The molecule has 128 valence electrons. The van der Waals surface area contributed by atoms with Gasteiger partial charge in [0.2, 0.25) is 0 Å². The average Bonchev–Trinajstić information content (AvgIpc) is 2.62. The number of hydrogen-bond acceptors (Lipinski definition) is 7. The summed E-state index contributed by atoms with van der Waals surface area (Å²) < 4.78 is 5.48. The van der Waals surface area contributed by atoms with Gasteiger partial charge in [0.05, 0.1) is 12.2 Å². The van der Waals surface area contributed by atoms with Crippen LogP contribution >= 0.6 is 0 Å². The highest BCUT2D eigenvalue weighted by Crippen LogP contribution is 2.37. The van der Waals surface area contributed by atoms with E-state index in [2.05, 4.69) is 25.3 Å². The van der Waals surface area contributed by atoms with Gasteiger partial charge in [-0.25, -0.2) is 19.9 Å². The number of aromatic nitrogens is 4. The van der Waals surface area contributed by atoms with Gasteiger partial charge in [-0.2, -0.15) is 0 Å². The fourth-order valence-electron chi connectivity index (χ4n) is 2.80. The molecule has 7 nitrogen and oxygen atoms in total. The van der Waals surface area contributed by atoms with E-state index >= 15 is 0 Å². The van der Waals surface area contributed by atoms with E-state index in [0.717, 1.165) is 19.4 Å². The van der Waals surface area contributed by atoms with Crippen LogP contribution in [-0.4, -0.2) is 50.4 Å². The molecule has 2 N–H and O–H groups in total. The Balaban J connectivity index is 1.70. The molecule has 1 aliphatic heterocycles. The summed E-state index contributed by atoms with van der Waals surface area (Å²) in [7, 11) is 0. The smallest absolute Gasteiger partial charge is 0.178 e. The zero-order valence-electron chi connectivity index (χ0n) is 14.1. The molecule has 0 radical (unpaired) electrons. The van der Waals surface area contributed by atoms with E-state index in [1.165, 1.54) is 6.33 Å². The lowest BCUT2D eigenvalue weighted by Crippen LogP contribution is -2.53. The van der Waals surface area contributed by atoms with Crippen molar-refractivity contribution in [3.63, 3.8) is 0 Å². The van der Waals surface area contributed by atoms with Crippen LogP contribution in [0.5, 0.6) is 0 Å². The second-order valence-electron chi connectivity index (χ2n) is 6.79. The standard InChI is InChI=1S/C17H23N5O2/c1-16(2,17(23)5-3-8-24-11-17)10-20-14-9-13(21-12-22-14)15-18-6-4-7-19-15/h4,6-7,9,12,23H,3,5,8,10-11H2,1-2H3,(H,20,21,22). The Kier molecular flexibility index (Phi) is 4.73. The van der Waals surface area contributed by atoms with Gasteiger partial charge < -0.3 is 15.2 Å². The number of anilines is 1. The largest absolute Gasteiger partial charge is 0.387 e. The fourth-order valence-corrected chi connectivity index (χ4v) is 2.80. The summed E-state index contributed by atoms with van der Waals surface area (Å²) >= 11 is 0. The Hall–Kier alpha value is -2.12. The number of nitrogens with zero attached hydrogens (tertiary/aromatic N) is 4. The van der Waals surface area contributed by atoms with Crippen LogP contribution < -0.4 is 5.32 Å². The lowest BCUT2D eigenvalue weighted by molar-refractivity contribution is -0.146. The van der Waals surface area contributed by atoms with Crippen molar-refractivity contribution in [1.82, 2.24) is 19.9 Å². The van der Waals surface area contributed by atoms with Crippen molar-refractivity contribution < 1.29 is 9.84 Å². The molecule has 1 fully saturated rings. The zero-order valence-corrected chi connectivity index (χ0v) is 14.1. The van der Waals surface area contributed by atoms with Crippen LogP contribution in [0.3, 0.4) is 0 Å². The summed E-state index contributed by atoms with van der Waals surface area (Å²) in [6.45, 7) is 5.74. The average molecular weight is 329 g/mol. The maximum absolute atomic E-state index is 10.9. The van der Waals surface area contributed by atoms with Crippen LogP contribution in [-0.2, 0) is 4.74 Å².